The molecule has 1 heterocycles. The van der Waals surface area contributed by atoms with Crippen molar-refractivity contribution in [2.45, 2.75) is 12.1 Å². The van der Waals surface area contributed by atoms with Crippen LogP contribution in [0.3, 0.4) is 0 Å². The molecule has 3 rings (SSSR count). The number of nitrogens with one attached hydrogen (secondary N) is 1. The van der Waals surface area contributed by atoms with Gasteiger partial charge in [-0.05, 0) is 24.6 Å². The number of carboxylic acid groups (broad SMARTS) is 1. The number of hydrogen-bond donors (Lipinski definition) is 1. The van der Waals surface area contributed by atoms with E-state index in [2.05, 4.69) is 15.5 Å². The van der Waals surface area contributed by atoms with Crippen LogP contribution in [0, 0.1) is 6.92 Å². The quantitative estimate of drug-likeness (QED) is 0.655. The summed E-state index contributed by atoms with van der Waals surface area (Å²) >= 11 is 1.25. The number of aromatic nitrogens is 3. The van der Waals surface area contributed by atoms with E-state index in [-0.39, 0.29) is 17.2 Å². The summed E-state index contributed by atoms with van der Waals surface area (Å²) in [6.07, 6.45) is 0. The highest BCUT2D eigenvalue weighted by atomic mass is 32.2. The fourth-order valence-electron chi connectivity index (χ4n) is 2.45. The molecule has 27 heavy (non-hydrogen) atoms. The van der Waals surface area contributed by atoms with Gasteiger partial charge in [-0.1, -0.05) is 53.7 Å². The van der Waals surface area contributed by atoms with E-state index in [1.165, 1.54) is 23.9 Å². The van der Waals surface area contributed by atoms with E-state index in [1.807, 2.05) is 42.8 Å². The number of hydrogen-bond acceptors (Lipinski definition) is 6. The molecule has 0 bridgehead atoms. The third-order valence-corrected chi connectivity index (χ3v) is 4.88. The molecule has 1 N–H and O–H groups in total. The number of amides is 1. The van der Waals surface area contributed by atoms with Crippen LogP contribution in [0.5, 0.6) is 0 Å². The molecule has 1 amide bonds. The maximum Gasteiger partial charge on any atom is 0.234 e. The number of carbonyl (C=O) groups excluding carboxylic acids is 2. The Morgan fingerprint density at radius 3 is 2.59 bits per heavy atom. The van der Waals surface area contributed by atoms with E-state index in [9.17, 15) is 14.7 Å². The Bertz CT molecular complexity index is 983. The van der Waals surface area contributed by atoms with Crippen molar-refractivity contribution in [1.82, 2.24) is 14.8 Å². The van der Waals surface area contributed by atoms with E-state index >= 15 is 0 Å². The minimum atomic E-state index is -1.29. The lowest BCUT2D eigenvalue weighted by atomic mass is 10.1. The Hall–Kier alpha value is -3.13. The SMILES string of the molecule is Cc1ccc(-c2nnc(SCC(=O)Nc3cccc(C(=O)[O-])c3)n2C)cc1. The second kappa shape index (κ2) is 8.05. The van der Waals surface area contributed by atoms with Crippen LogP contribution in [-0.4, -0.2) is 32.4 Å². The number of aryl methyl sites for hydroxylation is 1. The van der Waals surface area contributed by atoms with Gasteiger partial charge in [0.1, 0.15) is 0 Å². The van der Waals surface area contributed by atoms with Gasteiger partial charge in [0.25, 0.3) is 0 Å². The molecule has 1 aromatic heterocycles. The van der Waals surface area contributed by atoms with E-state index in [0.29, 0.717) is 10.8 Å². The first-order valence-corrected chi connectivity index (χ1v) is 9.13. The van der Waals surface area contributed by atoms with E-state index < -0.39 is 5.97 Å². The molecular weight excluding hydrogens is 364 g/mol. The van der Waals surface area contributed by atoms with Crippen molar-refractivity contribution in [1.29, 1.82) is 0 Å². The molecule has 0 aliphatic rings. The lowest BCUT2D eigenvalue weighted by molar-refractivity contribution is -0.255. The van der Waals surface area contributed by atoms with Gasteiger partial charge in [0, 0.05) is 18.3 Å². The van der Waals surface area contributed by atoms with Crippen LogP contribution >= 0.6 is 11.8 Å². The van der Waals surface area contributed by atoms with Gasteiger partial charge in [-0.2, -0.15) is 0 Å². The van der Waals surface area contributed by atoms with Crippen molar-refractivity contribution in [2.24, 2.45) is 7.05 Å². The summed E-state index contributed by atoms with van der Waals surface area (Å²) in [7, 11) is 1.85. The van der Waals surface area contributed by atoms with Crippen LogP contribution in [0.15, 0.2) is 53.7 Å². The van der Waals surface area contributed by atoms with Crippen molar-refractivity contribution in [2.75, 3.05) is 11.1 Å². The number of anilines is 1. The number of aromatic carboxylic acids is 1. The van der Waals surface area contributed by atoms with Gasteiger partial charge in [0.2, 0.25) is 5.91 Å². The zero-order valence-corrected chi connectivity index (χ0v) is 15.6. The molecule has 8 heteroatoms. The molecule has 0 radical (unpaired) electrons. The molecule has 2 aromatic carbocycles. The average Bonchev–Trinajstić information content (AvgIpc) is 3.01. The highest BCUT2D eigenvalue weighted by Crippen LogP contribution is 2.23. The Balaban J connectivity index is 1.63. The van der Waals surface area contributed by atoms with Gasteiger partial charge in [-0.3, -0.25) is 4.79 Å². The third-order valence-electron chi connectivity index (χ3n) is 3.86. The van der Waals surface area contributed by atoms with Gasteiger partial charge < -0.3 is 19.8 Å². The minimum Gasteiger partial charge on any atom is -0.545 e. The molecule has 0 unspecified atom stereocenters. The molecule has 0 spiro atoms. The van der Waals surface area contributed by atoms with Gasteiger partial charge in [0.15, 0.2) is 11.0 Å². The summed E-state index contributed by atoms with van der Waals surface area (Å²) in [5, 5.41) is 22.5. The Morgan fingerprint density at radius 1 is 1.15 bits per heavy atom. The molecule has 7 nitrogen and oxygen atoms in total. The number of benzene rings is 2. The molecule has 0 saturated heterocycles. The lowest BCUT2D eigenvalue weighted by Gasteiger charge is -2.08. The highest BCUT2D eigenvalue weighted by Gasteiger charge is 2.13. The van der Waals surface area contributed by atoms with Crippen molar-refractivity contribution in [3.05, 3.63) is 59.7 Å². The fraction of sp³-hybridized carbons (Fsp3) is 0.158. The Morgan fingerprint density at radius 2 is 1.89 bits per heavy atom. The van der Waals surface area contributed by atoms with Crippen LogP contribution in [0.4, 0.5) is 5.69 Å². The highest BCUT2D eigenvalue weighted by molar-refractivity contribution is 7.99. The summed E-state index contributed by atoms with van der Waals surface area (Å²) in [5.41, 5.74) is 2.53. The standard InChI is InChI=1S/C19H18N4O3S/c1-12-6-8-13(9-7-12)17-21-22-19(23(17)2)27-11-16(24)20-15-5-3-4-14(10-15)18(25)26/h3-10H,11H2,1-2H3,(H,20,24)(H,25,26)/p-1. The smallest absolute Gasteiger partial charge is 0.234 e. The Kier molecular flexibility index (Phi) is 5.56. The van der Waals surface area contributed by atoms with E-state index in [1.54, 1.807) is 12.1 Å². The normalized spacial score (nSPS) is 10.6. The van der Waals surface area contributed by atoms with Crippen LogP contribution < -0.4 is 10.4 Å². The molecule has 0 saturated carbocycles. The first-order chi connectivity index (χ1) is 12.9. The van der Waals surface area contributed by atoms with Gasteiger partial charge in [0.05, 0.1) is 11.7 Å². The second-order valence-corrected chi connectivity index (χ2v) is 6.88. The van der Waals surface area contributed by atoms with Crippen LogP contribution in [0.2, 0.25) is 0 Å². The van der Waals surface area contributed by atoms with Crippen molar-refractivity contribution in [3.8, 4) is 11.4 Å². The molecule has 3 aromatic rings. The largest absolute Gasteiger partial charge is 0.545 e. The predicted octanol–water partition coefficient (Wildman–Crippen LogP) is 1.88. The van der Waals surface area contributed by atoms with E-state index in [0.717, 1.165) is 17.0 Å². The number of thioether (sulfide) groups is 1. The monoisotopic (exact) mass is 381 g/mol. The van der Waals surface area contributed by atoms with E-state index in [4.69, 9.17) is 0 Å². The lowest BCUT2D eigenvalue weighted by Crippen LogP contribution is -2.22. The maximum atomic E-state index is 12.1. The maximum absolute atomic E-state index is 12.1. The van der Waals surface area contributed by atoms with Crippen LogP contribution in [-0.2, 0) is 11.8 Å². The predicted molar refractivity (Wildman–Crippen MR) is 101 cm³/mol. The third kappa shape index (κ3) is 4.53. The zero-order valence-electron chi connectivity index (χ0n) is 14.8. The molecule has 0 atom stereocenters. The summed E-state index contributed by atoms with van der Waals surface area (Å²) < 4.78 is 1.83. The number of nitrogens with zero attached hydrogens (tertiary/aromatic N) is 3. The summed E-state index contributed by atoms with van der Waals surface area (Å²) in [6, 6.07) is 13.9. The van der Waals surface area contributed by atoms with Crippen LogP contribution in [0.1, 0.15) is 15.9 Å². The minimum absolute atomic E-state index is 0.0106. The van der Waals surface area contributed by atoms with Crippen molar-refractivity contribution in [3.63, 3.8) is 0 Å². The second-order valence-electron chi connectivity index (χ2n) is 5.94. The Labute approximate surface area is 160 Å². The molecule has 0 aliphatic heterocycles. The summed E-state index contributed by atoms with van der Waals surface area (Å²) in [4.78, 5) is 23.0. The topological polar surface area (TPSA) is 99.9 Å². The first-order valence-electron chi connectivity index (χ1n) is 8.14. The van der Waals surface area contributed by atoms with Crippen molar-refractivity contribution >= 4 is 29.3 Å². The molecule has 0 aliphatic carbocycles. The number of carbonyl (C=O) groups is 2. The fourth-order valence-corrected chi connectivity index (χ4v) is 3.16. The van der Waals surface area contributed by atoms with Crippen LogP contribution in [0.25, 0.3) is 11.4 Å². The van der Waals surface area contributed by atoms with Gasteiger partial charge in [-0.25, -0.2) is 0 Å². The molecular formula is C19H17N4O3S-. The number of rotatable bonds is 6. The average molecular weight is 381 g/mol. The van der Waals surface area contributed by atoms with Gasteiger partial charge in [-0.15, -0.1) is 10.2 Å². The molecule has 0 fully saturated rings. The summed E-state index contributed by atoms with van der Waals surface area (Å²) in [5.74, 6) is -0.715. The first kappa shape index (κ1) is 18.7. The zero-order chi connectivity index (χ0) is 19.4. The van der Waals surface area contributed by atoms with Crippen molar-refractivity contribution < 1.29 is 14.7 Å². The summed E-state index contributed by atoms with van der Waals surface area (Å²) in [6.45, 7) is 2.02. The molecule has 138 valence electrons. The number of carboxylic acids is 1. The van der Waals surface area contributed by atoms with Gasteiger partial charge >= 0.3 is 0 Å².